The van der Waals surface area contributed by atoms with Gasteiger partial charge in [0.2, 0.25) is 0 Å². The predicted molar refractivity (Wildman–Crippen MR) is 46.2 cm³/mol. The summed E-state index contributed by atoms with van der Waals surface area (Å²) in [7, 11) is 0. The summed E-state index contributed by atoms with van der Waals surface area (Å²) in [6, 6.07) is 5.91. The minimum absolute atomic E-state index is 0.00125. The quantitative estimate of drug-likeness (QED) is 0.626. The van der Waals surface area contributed by atoms with Crippen LogP contribution in [0, 0.1) is 6.92 Å². The summed E-state index contributed by atoms with van der Waals surface area (Å²) in [6.45, 7) is 9.78. The third-order valence-corrected chi connectivity index (χ3v) is 1.87. The highest BCUT2D eigenvalue weighted by atomic mass is 14.7. The molecule has 0 unspecified atom stereocenters. The lowest BCUT2D eigenvalue weighted by molar-refractivity contribution is 0.514. The summed E-state index contributed by atoms with van der Waals surface area (Å²) >= 11 is 0. The zero-order valence-electron chi connectivity index (χ0n) is 7.04. The van der Waals surface area contributed by atoms with Gasteiger partial charge in [-0.2, -0.15) is 0 Å². The van der Waals surface area contributed by atoms with E-state index in [4.69, 9.17) is 6.92 Å². The Hall–Kier alpha value is -0.850. The van der Waals surface area contributed by atoms with Crippen molar-refractivity contribution in [2.75, 3.05) is 0 Å². The molecule has 1 rings (SSSR count). The fourth-order valence-corrected chi connectivity index (χ4v) is 0.868. The van der Waals surface area contributed by atoms with E-state index in [9.17, 15) is 0 Å². The average molecular weight is 147 g/mol. The van der Waals surface area contributed by atoms with Gasteiger partial charge < -0.3 is 0 Å². The van der Waals surface area contributed by atoms with Crippen LogP contribution >= 0.6 is 0 Å². The zero-order chi connectivity index (χ0) is 8.32. The van der Waals surface area contributed by atoms with Crippen LogP contribution in [0.4, 0.5) is 0 Å². The molecule has 0 aliphatic carbocycles. The SMILES string of the molecule is [CH]CC(C)(C)c1ccccn1. The summed E-state index contributed by atoms with van der Waals surface area (Å²) in [5.74, 6) is 0. The highest BCUT2D eigenvalue weighted by Crippen LogP contribution is 2.23. The molecule has 1 heterocycles. The maximum atomic E-state index is 5.60. The van der Waals surface area contributed by atoms with Gasteiger partial charge in [0, 0.05) is 17.3 Å². The third-order valence-electron chi connectivity index (χ3n) is 1.87. The van der Waals surface area contributed by atoms with Crippen molar-refractivity contribution in [3.8, 4) is 0 Å². The van der Waals surface area contributed by atoms with E-state index in [2.05, 4.69) is 18.8 Å². The lowest BCUT2D eigenvalue weighted by Crippen LogP contribution is -2.16. The molecule has 58 valence electrons. The van der Waals surface area contributed by atoms with E-state index < -0.39 is 0 Å². The van der Waals surface area contributed by atoms with Crippen LogP contribution in [0.15, 0.2) is 24.4 Å². The van der Waals surface area contributed by atoms with Crippen molar-refractivity contribution in [2.45, 2.75) is 25.7 Å². The van der Waals surface area contributed by atoms with Gasteiger partial charge in [-0.05, 0) is 25.5 Å². The molecule has 1 heteroatoms. The summed E-state index contributed by atoms with van der Waals surface area (Å²) in [6.07, 6.45) is 2.43. The van der Waals surface area contributed by atoms with Crippen molar-refractivity contribution in [1.29, 1.82) is 0 Å². The number of aromatic nitrogens is 1. The first kappa shape index (κ1) is 8.25. The number of pyridine rings is 1. The monoisotopic (exact) mass is 147 g/mol. The van der Waals surface area contributed by atoms with Gasteiger partial charge in [0.15, 0.2) is 0 Å². The highest BCUT2D eigenvalue weighted by Gasteiger charge is 2.18. The van der Waals surface area contributed by atoms with E-state index in [0.29, 0.717) is 6.42 Å². The van der Waals surface area contributed by atoms with E-state index in [1.54, 1.807) is 6.20 Å². The lowest BCUT2D eigenvalue weighted by Gasteiger charge is -2.20. The van der Waals surface area contributed by atoms with Gasteiger partial charge in [0.25, 0.3) is 0 Å². The zero-order valence-corrected chi connectivity index (χ0v) is 7.04. The van der Waals surface area contributed by atoms with Gasteiger partial charge in [-0.25, -0.2) is 0 Å². The van der Waals surface area contributed by atoms with E-state index in [1.165, 1.54) is 0 Å². The van der Waals surface area contributed by atoms with E-state index in [-0.39, 0.29) is 5.41 Å². The summed E-state index contributed by atoms with van der Waals surface area (Å²) in [5.41, 5.74) is 1.06. The molecule has 0 spiro atoms. The molecule has 1 nitrogen and oxygen atoms in total. The van der Waals surface area contributed by atoms with Gasteiger partial charge >= 0.3 is 0 Å². The summed E-state index contributed by atoms with van der Waals surface area (Å²) in [5, 5.41) is 0. The molecule has 2 radical (unpaired) electrons. The predicted octanol–water partition coefficient (Wildman–Crippen LogP) is 2.46. The molecule has 1 aromatic rings. The molecule has 1 aromatic heterocycles. The van der Waals surface area contributed by atoms with Crippen LogP contribution in [-0.4, -0.2) is 4.98 Å². The molecule has 0 saturated heterocycles. The largest absolute Gasteiger partial charge is 0.261 e. The van der Waals surface area contributed by atoms with Gasteiger partial charge in [0.1, 0.15) is 0 Å². The van der Waals surface area contributed by atoms with E-state index >= 15 is 0 Å². The van der Waals surface area contributed by atoms with Crippen molar-refractivity contribution >= 4 is 0 Å². The molecule has 0 atom stereocenters. The Morgan fingerprint density at radius 2 is 2.18 bits per heavy atom. The molecule has 11 heavy (non-hydrogen) atoms. The molecule has 0 N–H and O–H groups in total. The van der Waals surface area contributed by atoms with Crippen LogP contribution in [0.25, 0.3) is 0 Å². The van der Waals surface area contributed by atoms with Gasteiger partial charge in [0.05, 0.1) is 0 Å². The molecule has 0 saturated carbocycles. The Bertz CT molecular complexity index is 214. The van der Waals surface area contributed by atoms with Crippen molar-refractivity contribution in [3.05, 3.63) is 37.0 Å². The van der Waals surface area contributed by atoms with Crippen LogP contribution in [0.5, 0.6) is 0 Å². The molecule has 0 bridgehead atoms. The van der Waals surface area contributed by atoms with Gasteiger partial charge in [-0.15, -0.1) is 0 Å². The Morgan fingerprint density at radius 3 is 2.64 bits per heavy atom. The van der Waals surface area contributed by atoms with Gasteiger partial charge in [-0.3, -0.25) is 4.98 Å². The number of hydrogen-bond donors (Lipinski definition) is 0. The van der Waals surface area contributed by atoms with Gasteiger partial charge in [-0.1, -0.05) is 19.9 Å². The molecule has 0 amide bonds. The van der Waals surface area contributed by atoms with Crippen LogP contribution in [0.1, 0.15) is 26.0 Å². The second-order valence-electron chi connectivity index (χ2n) is 3.30. The van der Waals surface area contributed by atoms with Crippen LogP contribution in [0.2, 0.25) is 0 Å². The standard InChI is InChI=1S/C10H13N/c1-4-10(2,3)9-7-5-6-8-11-9/h1,5-8H,4H2,2-3H3. The van der Waals surface area contributed by atoms with E-state index in [1.807, 2.05) is 18.2 Å². The first-order valence-corrected chi connectivity index (χ1v) is 3.78. The number of nitrogens with zero attached hydrogens (tertiary/aromatic N) is 1. The highest BCUT2D eigenvalue weighted by molar-refractivity contribution is 5.14. The molecule has 0 aromatic carbocycles. The molecular formula is C10H13N. The molecule has 0 aliphatic rings. The van der Waals surface area contributed by atoms with Crippen molar-refractivity contribution in [1.82, 2.24) is 4.98 Å². The Morgan fingerprint density at radius 1 is 1.45 bits per heavy atom. The maximum Gasteiger partial charge on any atom is 0.0459 e. The first-order chi connectivity index (χ1) is 5.17. The summed E-state index contributed by atoms with van der Waals surface area (Å²) < 4.78 is 0. The molecule has 0 fully saturated rings. The second kappa shape index (κ2) is 3.04. The average Bonchev–Trinajstić information content (AvgIpc) is 2.06. The van der Waals surface area contributed by atoms with Crippen LogP contribution in [0.3, 0.4) is 0 Å². The van der Waals surface area contributed by atoms with E-state index in [0.717, 1.165) is 5.69 Å². The number of rotatable bonds is 2. The fraction of sp³-hybridized carbons (Fsp3) is 0.400. The first-order valence-electron chi connectivity index (χ1n) is 3.78. The minimum Gasteiger partial charge on any atom is -0.261 e. The second-order valence-corrected chi connectivity index (χ2v) is 3.30. The molecular weight excluding hydrogens is 134 g/mol. The van der Waals surface area contributed by atoms with Crippen molar-refractivity contribution in [2.24, 2.45) is 0 Å². The Balaban J connectivity index is 2.93. The molecule has 0 aliphatic heterocycles. The Labute approximate surface area is 68.5 Å². The number of hydrogen-bond acceptors (Lipinski definition) is 1. The smallest absolute Gasteiger partial charge is 0.0459 e. The minimum atomic E-state index is 0.00125. The fourth-order valence-electron chi connectivity index (χ4n) is 0.868. The maximum absolute atomic E-state index is 5.60. The van der Waals surface area contributed by atoms with Crippen molar-refractivity contribution < 1.29 is 0 Å². The summed E-state index contributed by atoms with van der Waals surface area (Å²) in [4.78, 5) is 4.24. The lowest BCUT2D eigenvalue weighted by atomic mass is 9.86. The topological polar surface area (TPSA) is 12.9 Å². The third kappa shape index (κ3) is 1.79. The normalized spacial score (nSPS) is 11.5. The van der Waals surface area contributed by atoms with Crippen molar-refractivity contribution in [3.63, 3.8) is 0 Å². The van der Waals surface area contributed by atoms with Crippen LogP contribution < -0.4 is 0 Å². The van der Waals surface area contributed by atoms with Crippen LogP contribution in [-0.2, 0) is 5.41 Å². The Kier molecular flexibility index (Phi) is 2.28.